The van der Waals surface area contributed by atoms with E-state index in [-0.39, 0.29) is 24.7 Å². The molecule has 138 valence electrons. The molecule has 0 spiro atoms. The Morgan fingerprint density at radius 3 is 2.56 bits per heavy atom. The van der Waals surface area contributed by atoms with Crippen LogP contribution in [0.2, 0.25) is 0 Å². The van der Waals surface area contributed by atoms with Gasteiger partial charge in [0.2, 0.25) is 0 Å². The van der Waals surface area contributed by atoms with Crippen molar-refractivity contribution >= 4 is 12.0 Å². The zero-order chi connectivity index (χ0) is 18.2. The lowest BCUT2D eigenvalue weighted by Crippen LogP contribution is -2.56. The molecule has 7 heteroatoms. The van der Waals surface area contributed by atoms with E-state index in [0.717, 1.165) is 18.6 Å². The molecule has 1 aromatic carbocycles. The number of ether oxygens (including phenoxy) is 1. The summed E-state index contributed by atoms with van der Waals surface area (Å²) in [6, 6.07) is 7.89. The number of amides is 2. The van der Waals surface area contributed by atoms with Gasteiger partial charge in [-0.15, -0.1) is 0 Å². The molecule has 0 aromatic heterocycles. The van der Waals surface area contributed by atoms with Crippen LogP contribution in [0.5, 0.6) is 5.75 Å². The van der Waals surface area contributed by atoms with Gasteiger partial charge in [0, 0.05) is 12.1 Å². The highest BCUT2D eigenvalue weighted by molar-refractivity contribution is 5.74. The van der Waals surface area contributed by atoms with Crippen molar-refractivity contribution in [1.29, 1.82) is 0 Å². The Morgan fingerprint density at radius 2 is 1.96 bits per heavy atom. The van der Waals surface area contributed by atoms with Crippen molar-refractivity contribution in [3.8, 4) is 5.75 Å². The minimum Gasteiger partial charge on any atom is -0.492 e. The molecule has 1 aromatic rings. The van der Waals surface area contributed by atoms with Crippen LogP contribution in [0.3, 0.4) is 0 Å². The van der Waals surface area contributed by atoms with Gasteiger partial charge in [-0.1, -0.05) is 24.6 Å². The lowest BCUT2D eigenvalue weighted by Gasteiger charge is -2.42. The molecule has 0 radical (unpaired) electrons. The Labute approximate surface area is 148 Å². The third kappa shape index (κ3) is 6.26. The molecule has 1 fully saturated rings. The van der Waals surface area contributed by atoms with Gasteiger partial charge in [-0.2, -0.15) is 0 Å². The van der Waals surface area contributed by atoms with Gasteiger partial charge in [-0.05, 0) is 38.4 Å². The molecule has 0 bridgehead atoms. The number of benzene rings is 1. The van der Waals surface area contributed by atoms with E-state index in [0.29, 0.717) is 19.7 Å². The van der Waals surface area contributed by atoms with Gasteiger partial charge in [-0.3, -0.25) is 9.69 Å². The molecule has 1 aliphatic carbocycles. The predicted molar refractivity (Wildman–Crippen MR) is 94.9 cm³/mol. The number of carboxylic acids is 1. The second-order valence-electron chi connectivity index (χ2n) is 6.34. The molecule has 1 aliphatic rings. The molecular formula is C18H27N3O4. The number of hydrogen-bond acceptors (Lipinski definition) is 4. The number of nitrogens with zero attached hydrogens (tertiary/aromatic N) is 1. The van der Waals surface area contributed by atoms with Crippen molar-refractivity contribution in [2.24, 2.45) is 0 Å². The largest absolute Gasteiger partial charge is 0.492 e. The number of rotatable bonds is 9. The smallest absolute Gasteiger partial charge is 0.317 e. The standard InChI is InChI=1S/C18H27N3O4/c1-3-21(12-17(22)23)15-10-14(11-15)20-18(24)19-8-9-25-16-6-4-13(2)5-7-16/h4-7,14-15H,3,8-12H2,1-2H3,(H,22,23)(H2,19,20,24). The Morgan fingerprint density at radius 1 is 1.28 bits per heavy atom. The fourth-order valence-corrected chi connectivity index (χ4v) is 2.88. The van der Waals surface area contributed by atoms with Crippen LogP contribution in [0, 0.1) is 6.92 Å². The van der Waals surface area contributed by atoms with Crippen LogP contribution >= 0.6 is 0 Å². The third-order valence-corrected chi connectivity index (χ3v) is 4.39. The number of aryl methyl sites for hydroxylation is 1. The molecule has 7 nitrogen and oxygen atoms in total. The topological polar surface area (TPSA) is 90.9 Å². The summed E-state index contributed by atoms with van der Waals surface area (Å²) in [4.78, 5) is 24.6. The summed E-state index contributed by atoms with van der Waals surface area (Å²) < 4.78 is 5.55. The highest BCUT2D eigenvalue weighted by atomic mass is 16.5. The number of carbonyl (C=O) groups excluding carboxylic acids is 1. The van der Waals surface area contributed by atoms with Gasteiger partial charge >= 0.3 is 12.0 Å². The number of nitrogens with one attached hydrogen (secondary N) is 2. The normalized spacial score (nSPS) is 19.2. The molecule has 2 rings (SSSR count). The molecule has 0 heterocycles. The number of urea groups is 1. The maximum atomic E-state index is 11.8. The maximum Gasteiger partial charge on any atom is 0.317 e. The van der Waals surface area contributed by atoms with Gasteiger partial charge < -0.3 is 20.5 Å². The Bertz CT molecular complexity index is 570. The second kappa shape index (κ2) is 9.27. The number of aliphatic carboxylic acids is 1. The first kappa shape index (κ1) is 19.1. The molecule has 1 saturated carbocycles. The zero-order valence-corrected chi connectivity index (χ0v) is 14.8. The van der Waals surface area contributed by atoms with Crippen LogP contribution in [-0.4, -0.2) is 60.3 Å². The zero-order valence-electron chi connectivity index (χ0n) is 14.8. The summed E-state index contributed by atoms with van der Waals surface area (Å²) in [6.07, 6.45) is 1.57. The highest BCUT2D eigenvalue weighted by Crippen LogP contribution is 2.25. The average molecular weight is 349 g/mol. The summed E-state index contributed by atoms with van der Waals surface area (Å²) in [5, 5.41) is 14.6. The van der Waals surface area contributed by atoms with E-state index in [2.05, 4.69) is 10.6 Å². The summed E-state index contributed by atoms with van der Waals surface area (Å²) in [5.74, 6) is -0.0303. The van der Waals surface area contributed by atoms with Crippen LogP contribution in [0.15, 0.2) is 24.3 Å². The number of carboxylic acid groups (broad SMARTS) is 1. The minimum absolute atomic E-state index is 0.0520. The van der Waals surface area contributed by atoms with E-state index in [4.69, 9.17) is 9.84 Å². The molecule has 0 atom stereocenters. The number of carbonyl (C=O) groups is 2. The van der Waals surface area contributed by atoms with Crippen molar-refractivity contribution < 1.29 is 19.4 Å². The molecule has 2 amide bonds. The van der Waals surface area contributed by atoms with Gasteiger partial charge in [0.05, 0.1) is 13.1 Å². The Kier molecular flexibility index (Phi) is 7.06. The first-order valence-electron chi connectivity index (χ1n) is 8.67. The van der Waals surface area contributed by atoms with Gasteiger partial charge in [0.25, 0.3) is 0 Å². The van der Waals surface area contributed by atoms with E-state index in [1.165, 1.54) is 5.56 Å². The molecular weight excluding hydrogens is 322 g/mol. The van der Waals surface area contributed by atoms with Crippen LogP contribution in [0.25, 0.3) is 0 Å². The van der Waals surface area contributed by atoms with E-state index < -0.39 is 5.97 Å². The SMILES string of the molecule is CCN(CC(=O)O)C1CC(NC(=O)NCCOc2ccc(C)cc2)C1. The van der Waals surface area contributed by atoms with Gasteiger partial charge in [-0.25, -0.2) is 4.79 Å². The van der Waals surface area contributed by atoms with Crippen LogP contribution < -0.4 is 15.4 Å². The van der Waals surface area contributed by atoms with Crippen molar-refractivity contribution in [3.63, 3.8) is 0 Å². The van der Waals surface area contributed by atoms with Crippen LogP contribution in [0.4, 0.5) is 4.79 Å². The van der Waals surface area contributed by atoms with E-state index >= 15 is 0 Å². The van der Waals surface area contributed by atoms with Crippen molar-refractivity contribution in [3.05, 3.63) is 29.8 Å². The monoisotopic (exact) mass is 349 g/mol. The average Bonchev–Trinajstić information content (AvgIpc) is 2.54. The summed E-state index contributed by atoms with van der Waals surface area (Å²) in [6.45, 7) is 5.55. The molecule has 0 saturated heterocycles. The lowest BCUT2D eigenvalue weighted by atomic mass is 9.85. The van der Waals surface area contributed by atoms with Crippen molar-refractivity contribution in [1.82, 2.24) is 15.5 Å². The lowest BCUT2D eigenvalue weighted by molar-refractivity contribution is -0.139. The fraction of sp³-hybridized carbons (Fsp3) is 0.556. The van der Waals surface area contributed by atoms with Crippen molar-refractivity contribution in [2.75, 3.05) is 26.2 Å². The maximum absolute atomic E-state index is 11.8. The Hall–Kier alpha value is -2.28. The summed E-state index contributed by atoms with van der Waals surface area (Å²) in [7, 11) is 0. The Balaban J connectivity index is 1.57. The first-order valence-corrected chi connectivity index (χ1v) is 8.67. The van der Waals surface area contributed by atoms with E-state index in [1.807, 2.05) is 43.0 Å². The van der Waals surface area contributed by atoms with Gasteiger partial charge in [0.1, 0.15) is 12.4 Å². The van der Waals surface area contributed by atoms with Crippen molar-refractivity contribution in [2.45, 2.75) is 38.8 Å². The second-order valence-corrected chi connectivity index (χ2v) is 6.34. The van der Waals surface area contributed by atoms with E-state index in [1.54, 1.807) is 0 Å². The molecule has 25 heavy (non-hydrogen) atoms. The molecule has 0 unspecified atom stereocenters. The molecule has 0 aliphatic heterocycles. The van der Waals surface area contributed by atoms with E-state index in [9.17, 15) is 9.59 Å². The molecule has 3 N–H and O–H groups in total. The van der Waals surface area contributed by atoms with Gasteiger partial charge in [0.15, 0.2) is 0 Å². The number of likely N-dealkylation sites (N-methyl/N-ethyl adjacent to an activating group) is 1. The van der Waals surface area contributed by atoms with Crippen LogP contribution in [-0.2, 0) is 4.79 Å². The fourth-order valence-electron chi connectivity index (χ4n) is 2.88. The summed E-state index contributed by atoms with van der Waals surface area (Å²) in [5.41, 5.74) is 1.17. The summed E-state index contributed by atoms with van der Waals surface area (Å²) >= 11 is 0. The minimum atomic E-state index is -0.815. The number of hydrogen-bond donors (Lipinski definition) is 3. The van der Waals surface area contributed by atoms with Crippen LogP contribution in [0.1, 0.15) is 25.3 Å². The first-order chi connectivity index (χ1) is 12.0. The highest BCUT2D eigenvalue weighted by Gasteiger charge is 2.34. The predicted octanol–water partition coefficient (Wildman–Crippen LogP) is 1.61. The third-order valence-electron chi connectivity index (χ3n) is 4.39. The quantitative estimate of drug-likeness (QED) is 0.589.